The van der Waals surface area contributed by atoms with Crippen LogP contribution in [0.15, 0.2) is 18.2 Å². The van der Waals surface area contributed by atoms with E-state index in [9.17, 15) is 4.79 Å². The van der Waals surface area contributed by atoms with E-state index < -0.39 is 0 Å². The average Bonchev–Trinajstić information content (AvgIpc) is 2.40. The van der Waals surface area contributed by atoms with Gasteiger partial charge in [0.25, 0.3) is 0 Å². The van der Waals surface area contributed by atoms with Crippen molar-refractivity contribution in [3.05, 3.63) is 23.9 Å². The number of pyridine rings is 1. The number of amides is 1. The summed E-state index contributed by atoms with van der Waals surface area (Å²) in [5, 5.41) is 6.20. The molecule has 2 rings (SSSR count). The van der Waals surface area contributed by atoms with Gasteiger partial charge in [-0.2, -0.15) is 0 Å². The molecule has 1 saturated heterocycles. The maximum Gasteiger partial charge on any atom is 0.228 e. The van der Waals surface area contributed by atoms with Gasteiger partial charge >= 0.3 is 0 Å². The van der Waals surface area contributed by atoms with Crippen LogP contribution < -0.4 is 10.6 Å². The van der Waals surface area contributed by atoms with Gasteiger partial charge in [0.1, 0.15) is 5.82 Å². The summed E-state index contributed by atoms with van der Waals surface area (Å²) in [6.45, 7) is 5.86. The van der Waals surface area contributed by atoms with Crippen LogP contribution in [0.1, 0.15) is 38.3 Å². The third-order valence-corrected chi connectivity index (χ3v) is 3.30. The molecule has 2 N–H and O–H groups in total. The molecule has 0 saturated carbocycles. The minimum atomic E-state index is -0.0191. The maximum atomic E-state index is 11.6. The van der Waals surface area contributed by atoms with Gasteiger partial charge in [0.05, 0.1) is 0 Å². The topological polar surface area (TPSA) is 54.0 Å². The fourth-order valence-corrected chi connectivity index (χ4v) is 2.14. The van der Waals surface area contributed by atoms with Crippen molar-refractivity contribution in [2.24, 2.45) is 5.92 Å². The first kappa shape index (κ1) is 13.0. The zero-order chi connectivity index (χ0) is 13.0. The summed E-state index contributed by atoms with van der Waals surface area (Å²) in [7, 11) is 0. The Balaban J connectivity index is 2.07. The molecule has 18 heavy (non-hydrogen) atoms. The van der Waals surface area contributed by atoms with E-state index in [4.69, 9.17) is 0 Å². The SMILES string of the molecule is CC(C)C(=O)Nc1cccc(C2CCNCC2)n1. The van der Waals surface area contributed by atoms with Gasteiger partial charge in [0.15, 0.2) is 0 Å². The summed E-state index contributed by atoms with van der Waals surface area (Å²) in [5.74, 6) is 1.19. The minimum Gasteiger partial charge on any atom is -0.317 e. The number of carbonyl (C=O) groups excluding carboxylic acids is 1. The van der Waals surface area contributed by atoms with Crippen LogP contribution in [-0.2, 0) is 4.79 Å². The fraction of sp³-hybridized carbons (Fsp3) is 0.571. The zero-order valence-corrected chi connectivity index (χ0v) is 11.1. The molecule has 2 heterocycles. The van der Waals surface area contributed by atoms with Crippen molar-refractivity contribution < 1.29 is 4.79 Å². The average molecular weight is 247 g/mol. The van der Waals surface area contributed by atoms with Gasteiger partial charge in [0, 0.05) is 17.5 Å². The lowest BCUT2D eigenvalue weighted by atomic mass is 9.94. The molecule has 1 aliphatic heterocycles. The maximum absolute atomic E-state index is 11.6. The molecule has 4 nitrogen and oxygen atoms in total. The van der Waals surface area contributed by atoms with Gasteiger partial charge in [-0.05, 0) is 38.1 Å². The summed E-state index contributed by atoms with van der Waals surface area (Å²) in [4.78, 5) is 16.2. The van der Waals surface area contributed by atoms with Gasteiger partial charge in [-0.15, -0.1) is 0 Å². The molecule has 1 amide bonds. The highest BCUT2D eigenvalue weighted by molar-refractivity contribution is 5.91. The standard InChI is InChI=1S/C14H21N3O/c1-10(2)14(18)17-13-5-3-4-12(16-13)11-6-8-15-9-7-11/h3-5,10-11,15H,6-9H2,1-2H3,(H,16,17,18). The predicted molar refractivity (Wildman–Crippen MR) is 72.5 cm³/mol. The number of piperidine rings is 1. The summed E-state index contributed by atoms with van der Waals surface area (Å²) >= 11 is 0. The Bertz CT molecular complexity index is 411. The van der Waals surface area contributed by atoms with Crippen molar-refractivity contribution in [1.29, 1.82) is 0 Å². The van der Waals surface area contributed by atoms with Crippen LogP contribution in [0.2, 0.25) is 0 Å². The van der Waals surface area contributed by atoms with E-state index in [1.807, 2.05) is 26.0 Å². The van der Waals surface area contributed by atoms with Crippen molar-refractivity contribution in [3.8, 4) is 0 Å². The molecule has 0 bridgehead atoms. The highest BCUT2D eigenvalue weighted by atomic mass is 16.1. The molecule has 1 aliphatic rings. The number of nitrogens with one attached hydrogen (secondary N) is 2. The molecular formula is C14H21N3O. The number of rotatable bonds is 3. The van der Waals surface area contributed by atoms with Crippen LogP contribution in [-0.4, -0.2) is 24.0 Å². The first-order valence-corrected chi connectivity index (χ1v) is 6.65. The van der Waals surface area contributed by atoms with Crippen molar-refractivity contribution in [2.75, 3.05) is 18.4 Å². The lowest BCUT2D eigenvalue weighted by Crippen LogP contribution is -2.27. The second-order valence-electron chi connectivity index (χ2n) is 5.12. The second kappa shape index (κ2) is 5.96. The summed E-state index contributed by atoms with van der Waals surface area (Å²) in [5.41, 5.74) is 1.10. The van der Waals surface area contributed by atoms with Gasteiger partial charge in [-0.3, -0.25) is 4.79 Å². The van der Waals surface area contributed by atoms with Crippen LogP contribution in [0, 0.1) is 5.92 Å². The summed E-state index contributed by atoms with van der Waals surface area (Å²) in [6.07, 6.45) is 2.24. The minimum absolute atomic E-state index is 0.0185. The van der Waals surface area contributed by atoms with E-state index in [2.05, 4.69) is 21.7 Å². The van der Waals surface area contributed by atoms with E-state index in [-0.39, 0.29) is 11.8 Å². The van der Waals surface area contributed by atoms with Crippen molar-refractivity contribution in [1.82, 2.24) is 10.3 Å². The first-order chi connectivity index (χ1) is 8.66. The van der Waals surface area contributed by atoms with Crippen LogP contribution in [0.5, 0.6) is 0 Å². The number of carbonyl (C=O) groups is 1. The highest BCUT2D eigenvalue weighted by Gasteiger charge is 2.17. The molecule has 0 aromatic carbocycles. The Kier molecular flexibility index (Phi) is 4.31. The van der Waals surface area contributed by atoms with E-state index in [0.717, 1.165) is 31.6 Å². The Morgan fingerprint density at radius 1 is 1.39 bits per heavy atom. The Morgan fingerprint density at radius 2 is 2.11 bits per heavy atom. The Labute approximate surface area is 108 Å². The number of hydrogen-bond acceptors (Lipinski definition) is 3. The molecule has 0 radical (unpaired) electrons. The quantitative estimate of drug-likeness (QED) is 0.860. The molecule has 1 fully saturated rings. The molecule has 0 unspecified atom stereocenters. The van der Waals surface area contributed by atoms with E-state index in [1.165, 1.54) is 0 Å². The molecule has 4 heteroatoms. The van der Waals surface area contributed by atoms with Gasteiger partial charge in [-0.1, -0.05) is 19.9 Å². The fourth-order valence-electron chi connectivity index (χ4n) is 2.14. The molecule has 0 spiro atoms. The van der Waals surface area contributed by atoms with Crippen molar-refractivity contribution in [2.45, 2.75) is 32.6 Å². The largest absolute Gasteiger partial charge is 0.317 e. The molecule has 98 valence electrons. The third kappa shape index (κ3) is 3.29. The molecule has 1 aromatic rings. The molecule has 0 aliphatic carbocycles. The number of hydrogen-bond donors (Lipinski definition) is 2. The predicted octanol–water partition coefficient (Wildman–Crippen LogP) is 2.14. The van der Waals surface area contributed by atoms with E-state index in [0.29, 0.717) is 11.7 Å². The van der Waals surface area contributed by atoms with Gasteiger partial charge in [-0.25, -0.2) is 4.98 Å². The summed E-state index contributed by atoms with van der Waals surface area (Å²) in [6, 6.07) is 5.88. The Morgan fingerprint density at radius 3 is 2.78 bits per heavy atom. The van der Waals surface area contributed by atoms with Crippen LogP contribution in [0.3, 0.4) is 0 Å². The van der Waals surface area contributed by atoms with Crippen LogP contribution >= 0.6 is 0 Å². The van der Waals surface area contributed by atoms with E-state index in [1.54, 1.807) is 0 Å². The molecular weight excluding hydrogens is 226 g/mol. The van der Waals surface area contributed by atoms with Gasteiger partial charge < -0.3 is 10.6 Å². The Hall–Kier alpha value is -1.42. The number of anilines is 1. The summed E-state index contributed by atoms with van der Waals surface area (Å²) < 4.78 is 0. The van der Waals surface area contributed by atoms with Crippen LogP contribution in [0.25, 0.3) is 0 Å². The normalized spacial score (nSPS) is 16.8. The van der Waals surface area contributed by atoms with Crippen molar-refractivity contribution >= 4 is 11.7 Å². The van der Waals surface area contributed by atoms with Gasteiger partial charge in [0.2, 0.25) is 5.91 Å². The third-order valence-electron chi connectivity index (χ3n) is 3.30. The lowest BCUT2D eigenvalue weighted by molar-refractivity contribution is -0.118. The first-order valence-electron chi connectivity index (χ1n) is 6.65. The smallest absolute Gasteiger partial charge is 0.228 e. The van der Waals surface area contributed by atoms with Crippen molar-refractivity contribution in [3.63, 3.8) is 0 Å². The highest BCUT2D eigenvalue weighted by Crippen LogP contribution is 2.24. The zero-order valence-electron chi connectivity index (χ0n) is 11.1. The second-order valence-corrected chi connectivity index (χ2v) is 5.12. The van der Waals surface area contributed by atoms with E-state index >= 15 is 0 Å². The monoisotopic (exact) mass is 247 g/mol. The van der Waals surface area contributed by atoms with Crippen LogP contribution in [0.4, 0.5) is 5.82 Å². The molecule has 0 atom stereocenters. The lowest BCUT2D eigenvalue weighted by Gasteiger charge is -2.22. The number of aromatic nitrogens is 1. The number of nitrogens with zero attached hydrogens (tertiary/aromatic N) is 1. The molecule has 1 aromatic heterocycles.